The smallest absolute Gasteiger partial charge is 0.462 e. The Morgan fingerprint density at radius 2 is 0.829 bits per heavy atom. The van der Waals surface area contributed by atoms with Gasteiger partial charge in [0.2, 0.25) is 0 Å². The number of phosphoric acid groups is 1. The number of aliphatic hydroxyl groups is 1. The van der Waals surface area contributed by atoms with Crippen molar-refractivity contribution in [2.75, 3.05) is 26.4 Å². The fraction of sp³-hybridized carbons (Fsp3) is 0.672. The van der Waals surface area contributed by atoms with E-state index in [1.807, 2.05) is 18.2 Å². The van der Waals surface area contributed by atoms with Crippen LogP contribution < -0.4 is 0 Å². The number of ether oxygens (including phenoxy) is 3. The molecule has 0 heterocycles. The van der Waals surface area contributed by atoms with Crippen LogP contribution in [-0.2, 0) is 42.2 Å². The molecule has 0 rings (SSSR count). The Kier molecular flexibility index (Phi) is 49.1. The van der Waals surface area contributed by atoms with E-state index in [9.17, 15) is 28.9 Å². The van der Waals surface area contributed by atoms with Crippen molar-refractivity contribution >= 4 is 25.7 Å². The summed E-state index contributed by atoms with van der Waals surface area (Å²) in [6.07, 6.45) is 59.7. The summed E-state index contributed by atoms with van der Waals surface area (Å²) in [6, 6.07) is 0. The summed E-state index contributed by atoms with van der Waals surface area (Å²) in [4.78, 5) is 48.3. The summed E-state index contributed by atoms with van der Waals surface area (Å²) in [5, 5.41) is 9.78. The molecule has 3 unspecified atom stereocenters. The van der Waals surface area contributed by atoms with E-state index < -0.39 is 57.8 Å². The van der Waals surface area contributed by atoms with Crippen LogP contribution in [0.2, 0.25) is 0 Å². The molecule has 0 aromatic rings. The van der Waals surface area contributed by atoms with Crippen molar-refractivity contribution in [3.63, 3.8) is 0 Å². The molecule has 0 radical (unpaired) electrons. The summed E-state index contributed by atoms with van der Waals surface area (Å²) in [5.74, 6) is -1.65. The number of hydrogen-bond acceptors (Lipinski definition) is 10. The predicted octanol–water partition coefficient (Wildman–Crippen LogP) is 15.7. The Hall–Kier alpha value is -3.60. The van der Waals surface area contributed by atoms with Gasteiger partial charge in [0, 0.05) is 12.8 Å². The van der Waals surface area contributed by atoms with Gasteiger partial charge in [-0.3, -0.25) is 23.4 Å². The maximum absolute atomic E-state index is 12.9. The molecule has 3 atom stereocenters. The molecule has 0 saturated heterocycles. The molecule has 11 nitrogen and oxygen atoms in total. The quantitative estimate of drug-likeness (QED) is 0.0197. The summed E-state index contributed by atoms with van der Waals surface area (Å²) < 4.78 is 39.3. The SMILES string of the molecule is CC/C=C\C/C=C\C/C=C\C/C=C\C/C=C\CC(=O)OC(COC(=O)CCCCCCC/C=C\CCCCCCCC)COP(=O)(O)OCC(CO)OC(=O)CCCCCCC/C=C\C/C=C\CCC. The number of carbonyl (C=O) groups excluding carboxylic acids is 3. The molecule has 0 saturated carbocycles. The Morgan fingerprint density at radius 1 is 0.429 bits per heavy atom. The third kappa shape index (κ3) is 49.4. The minimum absolute atomic E-state index is 0.0706. The van der Waals surface area contributed by atoms with Crippen LogP contribution in [0.4, 0.5) is 0 Å². The molecular weight excluding hydrogens is 904 g/mol. The molecule has 0 aromatic heterocycles. The molecule has 0 amide bonds. The average molecular weight is 1000 g/mol. The number of carbonyl (C=O) groups is 3. The zero-order valence-corrected chi connectivity index (χ0v) is 44.8. The first-order chi connectivity index (χ1) is 34.2. The van der Waals surface area contributed by atoms with E-state index in [1.165, 1.54) is 38.5 Å². The summed E-state index contributed by atoms with van der Waals surface area (Å²) in [7, 11) is -4.78. The minimum Gasteiger partial charge on any atom is -0.462 e. The zero-order chi connectivity index (χ0) is 51.3. The van der Waals surface area contributed by atoms with Gasteiger partial charge >= 0.3 is 25.7 Å². The van der Waals surface area contributed by atoms with E-state index in [2.05, 4.69) is 93.7 Å². The molecule has 0 spiro atoms. The molecule has 12 heteroatoms. The lowest BCUT2D eigenvalue weighted by molar-refractivity contribution is -0.160. The van der Waals surface area contributed by atoms with Gasteiger partial charge in [-0.1, -0.05) is 195 Å². The van der Waals surface area contributed by atoms with Crippen molar-refractivity contribution in [3.05, 3.63) is 97.2 Å². The predicted molar refractivity (Wildman–Crippen MR) is 288 cm³/mol. The second kappa shape index (κ2) is 51.7. The number of esters is 3. The number of phosphoric ester groups is 1. The zero-order valence-electron chi connectivity index (χ0n) is 43.9. The highest BCUT2D eigenvalue weighted by atomic mass is 31.2. The van der Waals surface area contributed by atoms with Crippen molar-refractivity contribution in [2.45, 2.75) is 226 Å². The normalized spacial score (nSPS) is 14.2. The van der Waals surface area contributed by atoms with Gasteiger partial charge < -0.3 is 24.2 Å². The Bertz CT molecular complexity index is 1540. The molecule has 0 fully saturated rings. The van der Waals surface area contributed by atoms with Crippen LogP contribution in [0.3, 0.4) is 0 Å². The highest BCUT2D eigenvalue weighted by Crippen LogP contribution is 2.43. The summed E-state index contributed by atoms with van der Waals surface area (Å²) >= 11 is 0. The van der Waals surface area contributed by atoms with Crippen LogP contribution in [0, 0.1) is 0 Å². The minimum atomic E-state index is -4.78. The lowest BCUT2D eigenvalue weighted by Crippen LogP contribution is -2.30. The Balaban J connectivity index is 4.88. The maximum atomic E-state index is 12.9. The molecule has 0 bridgehead atoms. The lowest BCUT2D eigenvalue weighted by Gasteiger charge is -2.21. The van der Waals surface area contributed by atoms with Gasteiger partial charge in [-0.05, 0) is 96.3 Å². The van der Waals surface area contributed by atoms with E-state index >= 15 is 0 Å². The molecular formula is C58H97O11P. The van der Waals surface area contributed by atoms with E-state index in [0.717, 1.165) is 116 Å². The highest BCUT2D eigenvalue weighted by molar-refractivity contribution is 7.47. The number of unbranched alkanes of at least 4 members (excludes halogenated alkanes) is 17. The van der Waals surface area contributed by atoms with Crippen LogP contribution in [0.5, 0.6) is 0 Å². The van der Waals surface area contributed by atoms with Gasteiger partial charge in [-0.2, -0.15) is 0 Å². The Morgan fingerprint density at radius 3 is 1.33 bits per heavy atom. The van der Waals surface area contributed by atoms with E-state index in [4.69, 9.17) is 23.3 Å². The van der Waals surface area contributed by atoms with Crippen molar-refractivity contribution in [3.8, 4) is 0 Å². The van der Waals surface area contributed by atoms with E-state index in [1.54, 1.807) is 6.08 Å². The highest BCUT2D eigenvalue weighted by Gasteiger charge is 2.28. The van der Waals surface area contributed by atoms with Crippen LogP contribution >= 0.6 is 7.82 Å². The maximum Gasteiger partial charge on any atom is 0.472 e. The molecule has 2 N–H and O–H groups in total. The first-order valence-electron chi connectivity index (χ1n) is 27.1. The van der Waals surface area contributed by atoms with Crippen LogP contribution in [0.25, 0.3) is 0 Å². The number of allylic oxidation sites excluding steroid dienone is 15. The van der Waals surface area contributed by atoms with Gasteiger partial charge in [0.15, 0.2) is 6.10 Å². The monoisotopic (exact) mass is 1000 g/mol. The summed E-state index contributed by atoms with van der Waals surface area (Å²) in [6.45, 7) is 4.30. The van der Waals surface area contributed by atoms with Crippen LogP contribution in [0.1, 0.15) is 213 Å². The van der Waals surface area contributed by atoms with Gasteiger partial charge in [0.25, 0.3) is 0 Å². The second-order valence-electron chi connectivity index (χ2n) is 17.7. The fourth-order valence-electron chi connectivity index (χ4n) is 6.87. The first kappa shape index (κ1) is 66.4. The summed E-state index contributed by atoms with van der Waals surface area (Å²) in [5.41, 5.74) is 0. The molecule has 0 aromatic carbocycles. The largest absolute Gasteiger partial charge is 0.472 e. The van der Waals surface area contributed by atoms with Crippen LogP contribution in [-0.4, -0.2) is 66.5 Å². The standard InChI is InChI=1S/C58H97O11P/c1-4-7-10-13-16-19-22-25-27-30-32-35-38-41-44-47-56(60)65-51-55(69-58(62)49-46-43-40-37-34-31-28-26-23-20-17-14-11-8-5-2)53-67-70(63,64)66-52-54(50-59)68-57(61)48-45-42-39-36-33-29-24-21-18-15-12-9-6-3/h8,11-12,15,17,20-21,24-28,34,37,43,46,54-55,59H,4-7,9-10,13-14,16,18-19,22-23,29-33,35-36,38-42,44-45,47-53H2,1-3H3,(H,63,64)/b11-8-,15-12-,20-17-,24-21-,27-25-,28-26-,37-34-,46-43-. The number of hydrogen-bond donors (Lipinski definition) is 2. The third-order valence-corrected chi connectivity index (χ3v) is 11.9. The third-order valence-electron chi connectivity index (χ3n) is 11.0. The Labute approximate surface area is 425 Å². The van der Waals surface area contributed by atoms with Gasteiger partial charge in [0.1, 0.15) is 12.7 Å². The molecule has 0 aliphatic rings. The molecule has 0 aliphatic carbocycles. The van der Waals surface area contributed by atoms with Crippen molar-refractivity contribution < 1.29 is 52.2 Å². The molecule has 0 aliphatic heterocycles. The van der Waals surface area contributed by atoms with Crippen molar-refractivity contribution in [2.24, 2.45) is 0 Å². The number of rotatable bonds is 49. The van der Waals surface area contributed by atoms with E-state index in [0.29, 0.717) is 19.3 Å². The van der Waals surface area contributed by atoms with Crippen molar-refractivity contribution in [1.82, 2.24) is 0 Å². The van der Waals surface area contributed by atoms with Crippen molar-refractivity contribution in [1.29, 1.82) is 0 Å². The first-order valence-corrected chi connectivity index (χ1v) is 28.6. The fourth-order valence-corrected chi connectivity index (χ4v) is 7.66. The van der Waals surface area contributed by atoms with Gasteiger partial charge in [0.05, 0.1) is 26.2 Å². The van der Waals surface area contributed by atoms with E-state index in [-0.39, 0.29) is 25.9 Å². The topological polar surface area (TPSA) is 155 Å². The second-order valence-corrected chi connectivity index (χ2v) is 19.1. The lowest BCUT2D eigenvalue weighted by atomic mass is 10.1. The molecule has 70 heavy (non-hydrogen) atoms. The van der Waals surface area contributed by atoms with Gasteiger partial charge in [-0.15, -0.1) is 0 Å². The van der Waals surface area contributed by atoms with Crippen LogP contribution in [0.15, 0.2) is 97.2 Å². The number of aliphatic hydroxyl groups excluding tert-OH is 1. The molecule has 400 valence electrons. The average Bonchev–Trinajstić information content (AvgIpc) is 3.35. The van der Waals surface area contributed by atoms with Gasteiger partial charge in [-0.25, -0.2) is 4.57 Å².